The lowest BCUT2D eigenvalue weighted by atomic mass is 9.65. The van der Waals surface area contributed by atoms with Crippen molar-refractivity contribution in [2.45, 2.75) is 58.0 Å². The van der Waals surface area contributed by atoms with Crippen LogP contribution in [0.2, 0.25) is 0 Å². The highest BCUT2D eigenvalue weighted by atomic mass is 16.2. The maximum Gasteiger partial charge on any atom is 0.237 e. The highest BCUT2D eigenvalue weighted by Gasteiger charge is 2.42. The Morgan fingerprint density at radius 2 is 1.75 bits per heavy atom. The lowest BCUT2D eigenvalue weighted by Gasteiger charge is -2.44. The Kier molecular flexibility index (Phi) is 4.68. The van der Waals surface area contributed by atoms with E-state index in [1.165, 1.54) is 6.42 Å². The van der Waals surface area contributed by atoms with Gasteiger partial charge in [-0.3, -0.25) is 9.59 Å². The van der Waals surface area contributed by atoms with Crippen molar-refractivity contribution in [2.75, 3.05) is 6.54 Å². The molecule has 2 aliphatic carbocycles. The average molecular weight is 281 g/mol. The Hall–Kier alpha value is -1.10. The lowest BCUT2D eigenvalue weighted by Crippen LogP contribution is -2.52. The minimum absolute atomic E-state index is 0.00504. The van der Waals surface area contributed by atoms with Gasteiger partial charge < -0.3 is 16.4 Å². The first kappa shape index (κ1) is 15.3. The molecule has 0 saturated heterocycles. The second kappa shape index (κ2) is 6.12. The minimum atomic E-state index is -0.445. The fraction of sp³-hybridized carbons (Fsp3) is 0.867. The Bertz CT molecular complexity index is 369. The van der Waals surface area contributed by atoms with Crippen LogP contribution in [0.5, 0.6) is 0 Å². The van der Waals surface area contributed by atoms with Gasteiger partial charge in [0.2, 0.25) is 11.8 Å². The van der Waals surface area contributed by atoms with Crippen molar-refractivity contribution in [1.29, 1.82) is 0 Å². The second-order valence-corrected chi connectivity index (χ2v) is 6.72. The Labute approximate surface area is 121 Å². The highest BCUT2D eigenvalue weighted by Crippen LogP contribution is 2.42. The molecule has 0 heterocycles. The van der Waals surface area contributed by atoms with E-state index in [2.05, 4.69) is 0 Å². The van der Waals surface area contributed by atoms with Gasteiger partial charge >= 0.3 is 0 Å². The normalized spacial score (nSPS) is 33.0. The smallest absolute Gasteiger partial charge is 0.237 e. The summed E-state index contributed by atoms with van der Waals surface area (Å²) in [6.45, 7) is 3.88. The van der Waals surface area contributed by atoms with E-state index in [0.717, 1.165) is 25.7 Å². The number of carbonyl (C=O) groups is 2. The summed E-state index contributed by atoms with van der Waals surface area (Å²) in [6.07, 6.45) is 5.26. The Balaban J connectivity index is 2.06. The quantitative estimate of drug-likeness (QED) is 0.801. The van der Waals surface area contributed by atoms with Gasteiger partial charge in [-0.15, -0.1) is 0 Å². The molecule has 0 aliphatic heterocycles. The maximum absolute atomic E-state index is 12.7. The molecule has 2 fully saturated rings. The summed E-state index contributed by atoms with van der Waals surface area (Å²) < 4.78 is 0. The maximum atomic E-state index is 12.7. The number of carbonyl (C=O) groups excluding carboxylic acids is 2. The van der Waals surface area contributed by atoms with Crippen LogP contribution in [0.4, 0.5) is 0 Å². The fourth-order valence-electron chi connectivity index (χ4n) is 3.91. The third-order valence-corrected chi connectivity index (χ3v) is 4.99. The predicted molar refractivity (Wildman–Crippen MR) is 77.6 cm³/mol. The van der Waals surface area contributed by atoms with E-state index in [1.54, 1.807) is 4.90 Å². The van der Waals surface area contributed by atoms with Crippen molar-refractivity contribution in [3.05, 3.63) is 0 Å². The number of hydrogen-bond acceptors (Lipinski definition) is 3. The first-order chi connectivity index (χ1) is 9.40. The summed E-state index contributed by atoms with van der Waals surface area (Å²) in [5.41, 5.74) is 11.5. The Morgan fingerprint density at radius 1 is 1.20 bits per heavy atom. The number of nitrogens with zero attached hydrogens (tertiary/aromatic N) is 1. The number of primary amides is 1. The van der Waals surface area contributed by atoms with Gasteiger partial charge in [0.25, 0.3) is 0 Å². The molecule has 0 spiro atoms. The molecule has 0 aromatic carbocycles. The van der Waals surface area contributed by atoms with Crippen molar-refractivity contribution < 1.29 is 9.59 Å². The number of hydrogen-bond donors (Lipinski definition) is 2. The van der Waals surface area contributed by atoms with Gasteiger partial charge in [0.05, 0.1) is 6.54 Å². The van der Waals surface area contributed by atoms with Crippen molar-refractivity contribution in [3.8, 4) is 0 Å². The molecule has 5 nitrogen and oxygen atoms in total. The molecular formula is C15H27N3O2. The molecule has 20 heavy (non-hydrogen) atoms. The third-order valence-electron chi connectivity index (χ3n) is 4.99. The van der Waals surface area contributed by atoms with Gasteiger partial charge in [0.15, 0.2) is 0 Å². The van der Waals surface area contributed by atoms with Crippen LogP contribution >= 0.6 is 0 Å². The van der Waals surface area contributed by atoms with Gasteiger partial charge in [0.1, 0.15) is 0 Å². The SMILES string of the molecule is CC(C)N(CC(N)=O)C(=O)C1CC2CCCC(C1)C2N. The molecule has 2 bridgehead atoms. The van der Waals surface area contributed by atoms with Crippen molar-refractivity contribution >= 4 is 11.8 Å². The molecule has 114 valence electrons. The largest absolute Gasteiger partial charge is 0.368 e. The summed E-state index contributed by atoms with van der Waals surface area (Å²) in [4.78, 5) is 25.5. The topological polar surface area (TPSA) is 89.4 Å². The van der Waals surface area contributed by atoms with Gasteiger partial charge in [-0.05, 0) is 51.4 Å². The second-order valence-electron chi connectivity index (χ2n) is 6.72. The first-order valence-electron chi connectivity index (χ1n) is 7.74. The molecule has 2 aliphatic rings. The van der Waals surface area contributed by atoms with Crippen LogP contribution in [-0.4, -0.2) is 35.3 Å². The Morgan fingerprint density at radius 3 is 2.20 bits per heavy atom. The number of rotatable bonds is 4. The standard InChI is InChI=1S/C15H27N3O2/c1-9(2)18(8-13(16)19)15(20)12-6-10-4-3-5-11(7-12)14(10)17/h9-12,14H,3-8,17H2,1-2H3,(H2,16,19). The number of nitrogens with two attached hydrogens (primary N) is 2. The lowest BCUT2D eigenvalue weighted by molar-refractivity contribution is -0.143. The molecule has 4 N–H and O–H groups in total. The molecule has 0 aromatic heterocycles. The van der Waals surface area contributed by atoms with Crippen molar-refractivity contribution in [2.24, 2.45) is 29.2 Å². The summed E-state index contributed by atoms with van der Waals surface area (Å²) in [7, 11) is 0. The summed E-state index contributed by atoms with van der Waals surface area (Å²) in [5.74, 6) is 0.604. The van der Waals surface area contributed by atoms with Crippen LogP contribution in [0.1, 0.15) is 46.0 Å². The van der Waals surface area contributed by atoms with Crippen LogP contribution in [0.3, 0.4) is 0 Å². The van der Waals surface area contributed by atoms with Crippen molar-refractivity contribution in [1.82, 2.24) is 4.90 Å². The van der Waals surface area contributed by atoms with Crippen LogP contribution in [0.15, 0.2) is 0 Å². The molecule has 5 heteroatoms. The zero-order valence-electron chi connectivity index (χ0n) is 12.5. The molecule has 0 radical (unpaired) electrons. The van der Waals surface area contributed by atoms with Gasteiger partial charge in [0, 0.05) is 18.0 Å². The molecule has 2 amide bonds. The van der Waals surface area contributed by atoms with Crippen LogP contribution in [0, 0.1) is 17.8 Å². The van der Waals surface area contributed by atoms with Crippen LogP contribution < -0.4 is 11.5 Å². The number of amides is 2. The molecular weight excluding hydrogens is 254 g/mol. The van der Waals surface area contributed by atoms with Crippen LogP contribution in [-0.2, 0) is 9.59 Å². The summed E-state index contributed by atoms with van der Waals surface area (Å²) in [5, 5.41) is 0. The van der Waals surface area contributed by atoms with E-state index >= 15 is 0 Å². The zero-order chi connectivity index (χ0) is 14.9. The van der Waals surface area contributed by atoms with Crippen LogP contribution in [0.25, 0.3) is 0 Å². The van der Waals surface area contributed by atoms with Gasteiger partial charge in [-0.25, -0.2) is 0 Å². The first-order valence-corrected chi connectivity index (χ1v) is 7.74. The van der Waals surface area contributed by atoms with E-state index in [-0.39, 0.29) is 30.5 Å². The monoisotopic (exact) mass is 281 g/mol. The average Bonchev–Trinajstić information content (AvgIpc) is 2.34. The number of fused-ring (bicyclic) bond motifs is 2. The van der Waals surface area contributed by atoms with E-state index in [1.807, 2.05) is 13.8 Å². The molecule has 2 unspecified atom stereocenters. The minimum Gasteiger partial charge on any atom is -0.368 e. The van der Waals surface area contributed by atoms with Gasteiger partial charge in [-0.1, -0.05) is 6.42 Å². The van der Waals surface area contributed by atoms with Crippen molar-refractivity contribution in [3.63, 3.8) is 0 Å². The van der Waals surface area contributed by atoms with E-state index in [9.17, 15) is 9.59 Å². The molecule has 2 saturated carbocycles. The van der Waals surface area contributed by atoms with E-state index in [0.29, 0.717) is 11.8 Å². The molecule has 2 rings (SSSR count). The summed E-state index contributed by atoms with van der Waals surface area (Å²) in [6, 6.07) is 0.266. The predicted octanol–water partition coefficient (Wildman–Crippen LogP) is 0.862. The highest BCUT2D eigenvalue weighted by molar-refractivity contribution is 5.85. The zero-order valence-corrected chi connectivity index (χ0v) is 12.5. The van der Waals surface area contributed by atoms with E-state index < -0.39 is 5.91 Å². The molecule has 0 aromatic rings. The fourth-order valence-corrected chi connectivity index (χ4v) is 3.91. The van der Waals surface area contributed by atoms with E-state index in [4.69, 9.17) is 11.5 Å². The molecule has 2 atom stereocenters. The summed E-state index contributed by atoms with van der Waals surface area (Å²) >= 11 is 0. The third kappa shape index (κ3) is 3.14. The van der Waals surface area contributed by atoms with Gasteiger partial charge in [-0.2, -0.15) is 0 Å².